The van der Waals surface area contributed by atoms with E-state index in [1.54, 1.807) is 0 Å². The maximum absolute atomic E-state index is 12.1. The van der Waals surface area contributed by atoms with Gasteiger partial charge in [-0.3, -0.25) is 9.59 Å². The van der Waals surface area contributed by atoms with Gasteiger partial charge >= 0.3 is 5.97 Å². The molecule has 1 fully saturated rings. The number of carboxylic acids is 1. The average molecular weight is 284 g/mol. The highest BCUT2D eigenvalue weighted by atomic mass is 16.4. The van der Waals surface area contributed by atoms with Crippen LogP contribution in [0.25, 0.3) is 0 Å². The minimum atomic E-state index is -0.918. The van der Waals surface area contributed by atoms with Crippen molar-refractivity contribution in [2.24, 2.45) is 17.1 Å². The Labute approximate surface area is 121 Å². The second kappa shape index (κ2) is 7.07. The molecule has 0 saturated heterocycles. The van der Waals surface area contributed by atoms with E-state index in [4.69, 9.17) is 10.8 Å². The van der Waals surface area contributed by atoms with E-state index in [-0.39, 0.29) is 30.2 Å². The van der Waals surface area contributed by atoms with Gasteiger partial charge in [-0.1, -0.05) is 33.6 Å². The minimum absolute atomic E-state index is 0.0675. The lowest BCUT2D eigenvalue weighted by Gasteiger charge is -2.41. The molecule has 4 N–H and O–H groups in total. The fraction of sp³-hybridized carbons (Fsp3) is 0.867. The van der Waals surface area contributed by atoms with E-state index >= 15 is 0 Å². The largest absolute Gasteiger partial charge is 0.481 e. The van der Waals surface area contributed by atoms with Crippen molar-refractivity contribution in [3.63, 3.8) is 0 Å². The number of hydrogen-bond acceptors (Lipinski definition) is 3. The van der Waals surface area contributed by atoms with Gasteiger partial charge in [0, 0.05) is 12.5 Å². The number of aliphatic carboxylic acids is 1. The maximum atomic E-state index is 12.1. The number of carbonyl (C=O) groups is 2. The summed E-state index contributed by atoms with van der Waals surface area (Å²) in [6.45, 7) is 6.60. The van der Waals surface area contributed by atoms with E-state index in [0.717, 1.165) is 19.3 Å². The monoisotopic (exact) mass is 284 g/mol. The zero-order valence-electron chi connectivity index (χ0n) is 12.8. The van der Waals surface area contributed by atoms with Gasteiger partial charge in [-0.2, -0.15) is 0 Å². The van der Waals surface area contributed by atoms with Crippen molar-refractivity contribution >= 4 is 11.9 Å². The lowest BCUT2D eigenvalue weighted by atomic mass is 9.69. The van der Waals surface area contributed by atoms with Gasteiger partial charge < -0.3 is 16.2 Å². The molecule has 1 amide bonds. The first kappa shape index (κ1) is 17.0. The van der Waals surface area contributed by atoms with Gasteiger partial charge in [-0.15, -0.1) is 0 Å². The van der Waals surface area contributed by atoms with Gasteiger partial charge in [0.05, 0.1) is 6.04 Å². The molecule has 0 aromatic rings. The van der Waals surface area contributed by atoms with Crippen molar-refractivity contribution < 1.29 is 14.7 Å². The Morgan fingerprint density at radius 1 is 1.30 bits per heavy atom. The average Bonchev–Trinajstić information content (AvgIpc) is 2.35. The molecule has 1 aliphatic carbocycles. The normalized spacial score (nSPS) is 25.0. The molecule has 0 heterocycles. The Balaban J connectivity index is 2.55. The van der Waals surface area contributed by atoms with Crippen molar-refractivity contribution in [3.05, 3.63) is 0 Å². The maximum Gasteiger partial charge on any atom is 0.303 e. The SMILES string of the molecule is CC(C)(C)C1CCCCC1NC(=O)C(N)CCC(=O)O. The van der Waals surface area contributed by atoms with E-state index in [0.29, 0.717) is 5.92 Å². The lowest BCUT2D eigenvalue weighted by molar-refractivity contribution is -0.137. The van der Waals surface area contributed by atoms with Gasteiger partial charge in [-0.25, -0.2) is 0 Å². The zero-order chi connectivity index (χ0) is 15.3. The summed E-state index contributed by atoms with van der Waals surface area (Å²) in [6.07, 6.45) is 4.56. The van der Waals surface area contributed by atoms with Crippen molar-refractivity contribution in [1.82, 2.24) is 5.32 Å². The third kappa shape index (κ3) is 5.12. The summed E-state index contributed by atoms with van der Waals surface area (Å²) < 4.78 is 0. The Bertz CT molecular complexity index is 350. The summed E-state index contributed by atoms with van der Waals surface area (Å²) >= 11 is 0. The number of nitrogens with two attached hydrogens (primary N) is 1. The highest BCUT2D eigenvalue weighted by Gasteiger charge is 2.35. The number of hydrogen-bond donors (Lipinski definition) is 3. The first-order chi connectivity index (χ1) is 9.21. The molecule has 3 unspecified atom stereocenters. The van der Waals surface area contributed by atoms with Crippen molar-refractivity contribution in [2.75, 3.05) is 0 Å². The van der Waals surface area contributed by atoms with Crippen LogP contribution < -0.4 is 11.1 Å². The summed E-state index contributed by atoms with van der Waals surface area (Å²) in [5, 5.41) is 11.7. The van der Waals surface area contributed by atoms with Crippen LogP contribution in [0.15, 0.2) is 0 Å². The molecule has 116 valence electrons. The number of carboxylic acid groups (broad SMARTS) is 1. The highest BCUT2D eigenvalue weighted by molar-refractivity contribution is 5.82. The third-order valence-corrected chi connectivity index (χ3v) is 4.21. The molecule has 5 nitrogen and oxygen atoms in total. The molecule has 1 aliphatic rings. The van der Waals surface area contributed by atoms with Crippen molar-refractivity contribution in [1.29, 1.82) is 0 Å². The van der Waals surface area contributed by atoms with Crippen LogP contribution in [0, 0.1) is 11.3 Å². The first-order valence-corrected chi connectivity index (χ1v) is 7.49. The predicted molar refractivity (Wildman–Crippen MR) is 78.2 cm³/mol. The fourth-order valence-corrected chi connectivity index (χ4v) is 3.04. The van der Waals surface area contributed by atoms with Crippen LogP contribution in [0.1, 0.15) is 59.3 Å². The molecule has 1 saturated carbocycles. The van der Waals surface area contributed by atoms with Crippen LogP contribution in [0.2, 0.25) is 0 Å². The summed E-state index contributed by atoms with van der Waals surface area (Å²) in [7, 11) is 0. The molecule has 1 rings (SSSR count). The van der Waals surface area contributed by atoms with Crippen molar-refractivity contribution in [2.45, 2.75) is 71.4 Å². The summed E-state index contributed by atoms with van der Waals surface area (Å²) in [6, 6.07) is -0.569. The van der Waals surface area contributed by atoms with E-state index in [1.807, 2.05) is 0 Å². The Hall–Kier alpha value is -1.10. The number of nitrogens with one attached hydrogen (secondary N) is 1. The second-order valence-electron chi connectivity index (χ2n) is 6.91. The van der Waals surface area contributed by atoms with Crippen LogP contribution in [0.5, 0.6) is 0 Å². The standard InChI is InChI=1S/C15H28N2O3/c1-15(2,3)10-6-4-5-7-12(10)17-14(20)11(16)8-9-13(18)19/h10-12H,4-9,16H2,1-3H3,(H,17,20)(H,18,19). The Morgan fingerprint density at radius 3 is 2.45 bits per heavy atom. The summed E-state index contributed by atoms with van der Waals surface area (Å²) in [5.74, 6) is -0.683. The summed E-state index contributed by atoms with van der Waals surface area (Å²) in [5.41, 5.74) is 5.92. The molecular weight excluding hydrogens is 256 g/mol. The highest BCUT2D eigenvalue weighted by Crippen LogP contribution is 2.37. The Kier molecular flexibility index (Phi) is 5.99. The van der Waals surface area contributed by atoms with E-state index in [1.165, 1.54) is 6.42 Å². The molecule has 20 heavy (non-hydrogen) atoms. The second-order valence-corrected chi connectivity index (χ2v) is 6.91. The van der Waals surface area contributed by atoms with Gasteiger partial charge in [-0.05, 0) is 30.6 Å². The van der Waals surface area contributed by atoms with Crippen LogP contribution >= 0.6 is 0 Å². The summed E-state index contributed by atoms with van der Waals surface area (Å²) in [4.78, 5) is 22.6. The first-order valence-electron chi connectivity index (χ1n) is 7.49. The molecule has 0 aromatic heterocycles. The quantitative estimate of drug-likeness (QED) is 0.719. The van der Waals surface area contributed by atoms with Crippen LogP contribution in [0.4, 0.5) is 0 Å². The van der Waals surface area contributed by atoms with E-state index in [2.05, 4.69) is 26.1 Å². The molecular formula is C15H28N2O3. The van der Waals surface area contributed by atoms with Gasteiger partial charge in [0.15, 0.2) is 0 Å². The molecule has 0 bridgehead atoms. The van der Waals surface area contributed by atoms with E-state index in [9.17, 15) is 9.59 Å². The number of amides is 1. The van der Waals surface area contributed by atoms with Crippen LogP contribution in [-0.2, 0) is 9.59 Å². The van der Waals surface area contributed by atoms with Gasteiger partial charge in [0.2, 0.25) is 5.91 Å². The smallest absolute Gasteiger partial charge is 0.303 e. The van der Waals surface area contributed by atoms with Gasteiger partial charge in [0.1, 0.15) is 0 Å². The van der Waals surface area contributed by atoms with Crippen LogP contribution in [0.3, 0.4) is 0 Å². The zero-order valence-corrected chi connectivity index (χ0v) is 12.8. The molecule has 0 radical (unpaired) electrons. The molecule has 0 aromatic carbocycles. The molecule has 3 atom stereocenters. The molecule has 0 spiro atoms. The number of carbonyl (C=O) groups excluding carboxylic acids is 1. The molecule has 5 heteroatoms. The van der Waals surface area contributed by atoms with Crippen molar-refractivity contribution in [3.8, 4) is 0 Å². The van der Waals surface area contributed by atoms with Crippen LogP contribution in [-0.4, -0.2) is 29.1 Å². The Morgan fingerprint density at radius 2 is 1.90 bits per heavy atom. The minimum Gasteiger partial charge on any atom is -0.481 e. The van der Waals surface area contributed by atoms with E-state index < -0.39 is 12.0 Å². The lowest BCUT2D eigenvalue weighted by Crippen LogP contribution is -2.51. The predicted octanol–water partition coefficient (Wildman–Crippen LogP) is 1.90. The van der Waals surface area contributed by atoms with Gasteiger partial charge in [0.25, 0.3) is 0 Å². The third-order valence-electron chi connectivity index (χ3n) is 4.21. The topological polar surface area (TPSA) is 92.4 Å². The molecule has 0 aliphatic heterocycles. The fourth-order valence-electron chi connectivity index (χ4n) is 3.04. The number of rotatable bonds is 5.